The first-order valence-corrected chi connectivity index (χ1v) is 11.0. The van der Waals surface area contributed by atoms with Gasteiger partial charge in [0.05, 0.1) is 21.2 Å². The molecule has 0 aliphatic carbocycles. The van der Waals surface area contributed by atoms with E-state index in [0.717, 1.165) is 18.2 Å². The first-order chi connectivity index (χ1) is 17.0. The molecule has 6 nitrogen and oxygen atoms in total. The second-order valence-electron chi connectivity index (χ2n) is 7.78. The van der Waals surface area contributed by atoms with Gasteiger partial charge in [-0.15, -0.1) is 0 Å². The molecule has 36 heavy (non-hydrogen) atoms. The van der Waals surface area contributed by atoms with E-state index < -0.39 is 47.2 Å². The Hall–Kier alpha value is -3.69. The predicted molar refractivity (Wildman–Crippen MR) is 124 cm³/mol. The van der Waals surface area contributed by atoms with Crippen molar-refractivity contribution < 1.29 is 37.1 Å². The maximum atomic E-state index is 13.5. The van der Waals surface area contributed by atoms with Crippen molar-refractivity contribution in [3.8, 4) is 0 Å². The second kappa shape index (κ2) is 9.75. The number of alkyl halides is 3. The van der Waals surface area contributed by atoms with Gasteiger partial charge in [0.15, 0.2) is 5.78 Å². The van der Waals surface area contributed by atoms with E-state index in [0.29, 0.717) is 6.07 Å². The number of hydrogen-bond donors (Lipinski definition) is 1. The van der Waals surface area contributed by atoms with Crippen molar-refractivity contribution in [3.63, 3.8) is 0 Å². The molecule has 0 spiro atoms. The molecule has 0 aromatic heterocycles. The lowest BCUT2D eigenvalue weighted by Gasteiger charge is -2.21. The maximum Gasteiger partial charge on any atom is 0.416 e. The van der Waals surface area contributed by atoms with Gasteiger partial charge in [0.1, 0.15) is 12.0 Å². The summed E-state index contributed by atoms with van der Waals surface area (Å²) in [6, 6.07) is 13.5. The Labute approximate surface area is 212 Å². The fraction of sp³-hybridized carbons (Fsp3) is 0.120. The van der Waals surface area contributed by atoms with Crippen LogP contribution in [-0.2, 0) is 20.5 Å². The maximum absolute atomic E-state index is 13.5. The number of ether oxygens (including phenoxy) is 1. The van der Waals surface area contributed by atoms with E-state index >= 15 is 0 Å². The Morgan fingerprint density at radius 1 is 0.917 bits per heavy atom. The smallest absolute Gasteiger partial charge is 0.416 e. The first kappa shape index (κ1) is 25.4. The highest BCUT2D eigenvalue weighted by Gasteiger charge is 2.46. The van der Waals surface area contributed by atoms with Crippen LogP contribution in [0.5, 0.6) is 0 Å². The average Bonchev–Trinajstić information content (AvgIpc) is 3.16. The number of nitrogens with one attached hydrogen (secondary N) is 1. The van der Waals surface area contributed by atoms with Crippen LogP contribution in [0.2, 0.25) is 10.0 Å². The summed E-state index contributed by atoms with van der Waals surface area (Å²) in [7, 11) is 0. The summed E-state index contributed by atoms with van der Waals surface area (Å²) in [6.07, 6.45) is -6.13. The molecule has 0 fully saturated rings. The van der Waals surface area contributed by atoms with E-state index in [1.54, 1.807) is 12.1 Å². The molecule has 0 radical (unpaired) electrons. The molecule has 2 atom stereocenters. The van der Waals surface area contributed by atoms with Crippen LogP contribution in [0, 0.1) is 5.92 Å². The summed E-state index contributed by atoms with van der Waals surface area (Å²) < 4.78 is 44.4. The lowest BCUT2D eigenvalue weighted by Crippen LogP contribution is -2.38. The molecule has 0 unspecified atom stereocenters. The third kappa shape index (κ3) is 4.98. The zero-order chi connectivity index (χ0) is 26.2. The fourth-order valence-electron chi connectivity index (χ4n) is 3.75. The molecular formula is C25H14Cl2F3NO5. The highest BCUT2D eigenvalue weighted by atomic mass is 35.5. The van der Waals surface area contributed by atoms with Gasteiger partial charge in [-0.2, -0.15) is 13.2 Å². The summed E-state index contributed by atoms with van der Waals surface area (Å²) in [5.41, 5.74) is -1.13. The molecule has 0 saturated carbocycles. The minimum absolute atomic E-state index is 0.00551. The number of hydrogen-bond acceptors (Lipinski definition) is 5. The zero-order valence-corrected chi connectivity index (χ0v) is 19.4. The predicted octanol–water partition coefficient (Wildman–Crippen LogP) is 5.93. The largest absolute Gasteiger partial charge is 0.453 e. The number of Topliss-reactive ketones (excluding diaryl/α,β-unsaturated/α-hetero) is 2. The lowest BCUT2D eigenvalue weighted by molar-refractivity contribution is -0.138. The van der Waals surface area contributed by atoms with Gasteiger partial charge in [-0.1, -0.05) is 47.5 Å². The third-order valence-electron chi connectivity index (χ3n) is 5.46. The van der Waals surface area contributed by atoms with Crippen molar-refractivity contribution in [1.29, 1.82) is 0 Å². The normalized spacial score (nSPS) is 15.6. The van der Waals surface area contributed by atoms with Gasteiger partial charge in [-0.05, 0) is 42.5 Å². The van der Waals surface area contributed by atoms with Gasteiger partial charge in [0.25, 0.3) is 5.91 Å². The minimum atomic E-state index is -4.68. The Kier molecular flexibility index (Phi) is 6.88. The summed E-state index contributed by atoms with van der Waals surface area (Å²) >= 11 is 11.9. The topological polar surface area (TPSA) is 89.5 Å². The molecule has 11 heteroatoms. The molecule has 0 bridgehead atoms. The number of halogens is 5. The van der Waals surface area contributed by atoms with Gasteiger partial charge in [-0.25, -0.2) is 4.79 Å². The molecule has 4 rings (SSSR count). The summed E-state index contributed by atoms with van der Waals surface area (Å²) in [5.74, 6) is -6.23. The number of fused-ring (bicyclic) bond motifs is 1. The van der Waals surface area contributed by atoms with Crippen LogP contribution in [0.15, 0.2) is 66.7 Å². The SMILES string of the molecule is O=C(Nc1cccc(C(F)(F)F)c1)C(=O)[C@H](C(=O)c1ccc(Cl)c(Cl)c1)[C@@H]1OC(=O)c2ccccc21. The Morgan fingerprint density at radius 2 is 1.64 bits per heavy atom. The van der Waals surface area contributed by atoms with Crippen LogP contribution in [0.4, 0.5) is 18.9 Å². The van der Waals surface area contributed by atoms with Crippen molar-refractivity contribution in [2.24, 2.45) is 5.92 Å². The van der Waals surface area contributed by atoms with Crippen molar-refractivity contribution in [2.75, 3.05) is 5.32 Å². The number of benzene rings is 3. The Morgan fingerprint density at radius 3 is 2.33 bits per heavy atom. The Bertz CT molecular complexity index is 1410. The molecule has 1 aliphatic rings. The number of esters is 1. The molecule has 1 heterocycles. The van der Waals surface area contributed by atoms with Gasteiger partial charge >= 0.3 is 12.1 Å². The number of rotatable bonds is 6. The number of anilines is 1. The molecule has 0 saturated heterocycles. The average molecular weight is 536 g/mol. The van der Waals surface area contributed by atoms with E-state index in [4.69, 9.17) is 27.9 Å². The third-order valence-corrected chi connectivity index (χ3v) is 6.20. The van der Waals surface area contributed by atoms with Crippen LogP contribution in [-0.4, -0.2) is 23.4 Å². The highest BCUT2D eigenvalue weighted by Crippen LogP contribution is 2.39. The van der Waals surface area contributed by atoms with Crippen LogP contribution in [0.1, 0.15) is 37.9 Å². The van der Waals surface area contributed by atoms with Crippen LogP contribution >= 0.6 is 23.2 Å². The number of ketones is 2. The zero-order valence-electron chi connectivity index (χ0n) is 17.9. The van der Waals surface area contributed by atoms with Gasteiger partial charge in [-0.3, -0.25) is 14.4 Å². The first-order valence-electron chi connectivity index (χ1n) is 10.3. The molecular weight excluding hydrogens is 522 g/mol. The molecule has 1 amide bonds. The Balaban J connectivity index is 1.71. The molecule has 3 aromatic carbocycles. The van der Waals surface area contributed by atoms with E-state index in [9.17, 15) is 32.3 Å². The number of carbonyl (C=O) groups is 4. The van der Waals surface area contributed by atoms with Crippen molar-refractivity contribution in [2.45, 2.75) is 12.3 Å². The molecule has 1 N–H and O–H groups in total. The summed E-state index contributed by atoms with van der Waals surface area (Å²) in [6.45, 7) is 0. The quantitative estimate of drug-likeness (QED) is 0.183. The van der Waals surface area contributed by atoms with Gasteiger partial charge in [0, 0.05) is 16.8 Å². The van der Waals surface area contributed by atoms with Crippen molar-refractivity contribution in [3.05, 3.63) is 99.0 Å². The van der Waals surface area contributed by atoms with E-state index in [-0.39, 0.29) is 32.4 Å². The minimum Gasteiger partial charge on any atom is -0.453 e. The van der Waals surface area contributed by atoms with E-state index in [1.807, 2.05) is 0 Å². The van der Waals surface area contributed by atoms with Crippen LogP contribution in [0.3, 0.4) is 0 Å². The summed E-state index contributed by atoms with van der Waals surface area (Å²) in [5, 5.41) is 2.23. The van der Waals surface area contributed by atoms with Crippen molar-refractivity contribution in [1.82, 2.24) is 0 Å². The summed E-state index contributed by atoms with van der Waals surface area (Å²) in [4.78, 5) is 52.0. The van der Waals surface area contributed by atoms with Crippen LogP contribution in [0.25, 0.3) is 0 Å². The second-order valence-corrected chi connectivity index (χ2v) is 8.60. The fourth-order valence-corrected chi connectivity index (χ4v) is 4.05. The molecule has 3 aromatic rings. The monoisotopic (exact) mass is 535 g/mol. The van der Waals surface area contributed by atoms with Gasteiger partial charge < -0.3 is 10.1 Å². The van der Waals surface area contributed by atoms with Crippen molar-refractivity contribution >= 4 is 52.3 Å². The lowest BCUT2D eigenvalue weighted by atomic mass is 9.84. The van der Waals surface area contributed by atoms with E-state index in [2.05, 4.69) is 5.32 Å². The van der Waals surface area contributed by atoms with Gasteiger partial charge in [0.2, 0.25) is 5.78 Å². The molecule has 184 valence electrons. The van der Waals surface area contributed by atoms with E-state index in [1.165, 1.54) is 30.3 Å². The standard InChI is InChI=1S/C25H14Cl2F3NO5/c26-17-9-8-12(10-18(17)27)20(32)19(22-15-6-1-2-7-16(15)24(35)36-22)21(33)23(34)31-14-5-3-4-13(11-14)25(28,29)30/h1-11,19,22H,(H,31,34)/t19-,22+/m0/s1. The number of cyclic esters (lactones) is 1. The van der Waals surface area contributed by atoms with Crippen LogP contribution < -0.4 is 5.32 Å². The number of carbonyl (C=O) groups excluding carboxylic acids is 4. The highest BCUT2D eigenvalue weighted by molar-refractivity contribution is 6.46. The molecule has 1 aliphatic heterocycles. The number of amides is 1.